The summed E-state index contributed by atoms with van der Waals surface area (Å²) >= 11 is 0. The minimum absolute atomic E-state index is 0.146. The highest BCUT2D eigenvalue weighted by Crippen LogP contribution is 2.51. The van der Waals surface area contributed by atoms with Crippen molar-refractivity contribution in [2.24, 2.45) is 0 Å². The molecule has 10 heteroatoms. The molecule has 0 bridgehead atoms. The van der Waals surface area contributed by atoms with Gasteiger partial charge >= 0.3 is 0 Å². The summed E-state index contributed by atoms with van der Waals surface area (Å²) in [6.45, 7) is 7.32. The van der Waals surface area contributed by atoms with Crippen molar-refractivity contribution in [1.82, 2.24) is 40.4 Å². The van der Waals surface area contributed by atoms with Gasteiger partial charge in [0.25, 0.3) is 0 Å². The fourth-order valence-corrected chi connectivity index (χ4v) is 11.0. The number of H-pyrrole nitrogens is 2. The molecule has 6 aromatic rings. The lowest BCUT2D eigenvalue weighted by Gasteiger charge is -2.33. The number of hydrogen-bond donors (Lipinski definition) is 4. The van der Waals surface area contributed by atoms with Crippen LogP contribution < -0.4 is 10.6 Å². The molecule has 2 aliphatic carbocycles. The topological polar surface area (TPSA) is 122 Å². The van der Waals surface area contributed by atoms with Crippen LogP contribution in [0.3, 0.4) is 0 Å². The summed E-state index contributed by atoms with van der Waals surface area (Å²) in [5.74, 6) is 1.47. The van der Waals surface area contributed by atoms with E-state index in [1.807, 2.05) is 54.9 Å². The number of hydrogen-bond acceptors (Lipinski definition) is 6. The Hall–Kier alpha value is -5.84. The Kier molecular flexibility index (Phi) is 10.9. The van der Waals surface area contributed by atoms with E-state index < -0.39 is 0 Å². The summed E-state index contributed by atoms with van der Waals surface area (Å²) in [6, 6.07) is 37.2. The number of aromatic amines is 2. The van der Waals surface area contributed by atoms with Gasteiger partial charge in [-0.3, -0.25) is 9.59 Å². The number of amides is 2. The molecule has 62 heavy (non-hydrogen) atoms. The van der Waals surface area contributed by atoms with Gasteiger partial charge in [0, 0.05) is 35.3 Å². The van der Waals surface area contributed by atoms with Crippen molar-refractivity contribution in [2.45, 2.75) is 100 Å². The van der Waals surface area contributed by atoms with Gasteiger partial charge < -0.3 is 30.4 Å². The normalized spacial score (nSPS) is 20.9. The molecule has 4 aliphatic rings. The number of rotatable bonds is 15. The predicted molar refractivity (Wildman–Crippen MR) is 244 cm³/mol. The van der Waals surface area contributed by atoms with Crippen molar-refractivity contribution in [3.63, 3.8) is 0 Å². The summed E-state index contributed by atoms with van der Waals surface area (Å²) in [4.78, 5) is 51.4. The van der Waals surface area contributed by atoms with Crippen molar-refractivity contribution < 1.29 is 9.59 Å². The number of aromatic nitrogens is 4. The molecule has 4 atom stereocenters. The molecule has 10 nitrogen and oxygen atoms in total. The maximum atomic E-state index is 14.8. The van der Waals surface area contributed by atoms with Crippen LogP contribution >= 0.6 is 0 Å². The van der Waals surface area contributed by atoms with Gasteiger partial charge in [-0.1, -0.05) is 123 Å². The quantitative estimate of drug-likeness (QED) is 0.0819. The molecule has 4 fully saturated rings. The SMILES string of the molecule is CCNC1([C@H](C(=O)N2CCC[C@H]2c2ncc(-c3cccc(-c4ccccc4)c3-c3cnc([C@@H]4CCCN4C(=O)[C@H](c4ccccc4)C4(NCC)CC4)[nH]3)[nH]2)c2ccccc2)CC1. The van der Waals surface area contributed by atoms with Crippen molar-refractivity contribution in [3.05, 3.63) is 144 Å². The van der Waals surface area contributed by atoms with Crippen LogP contribution in [0.25, 0.3) is 33.6 Å². The highest BCUT2D eigenvalue weighted by molar-refractivity contribution is 5.93. The maximum absolute atomic E-state index is 14.8. The molecule has 2 aromatic heterocycles. The van der Waals surface area contributed by atoms with Gasteiger partial charge in [-0.2, -0.15) is 0 Å². The first-order chi connectivity index (χ1) is 30.4. The Balaban J connectivity index is 0.979. The molecular formula is C52H58N8O2. The predicted octanol–water partition coefficient (Wildman–Crippen LogP) is 9.31. The Labute approximate surface area is 365 Å². The van der Waals surface area contributed by atoms with Gasteiger partial charge in [0.15, 0.2) is 0 Å². The van der Waals surface area contributed by atoms with E-state index in [2.05, 4.69) is 111 Å². The Morgan fingerprint density at radius 1 is 0.613 bits per heavy atom. The minimum Gasteiger partial charge on any atom is -0.340 e. The molecule has 4 heterocycles. The summed E-state index contributed by atoms with van der Waals surface area (Å²) in [5, 5.41) is 7.42. The number of carbonyl (C=O) groups is 2. The van der Waals surface area contributed by atoms with Crippen LogP contribution in [0.1, 0.15) is 112 Å². The second-order valence-electron chi connectivity index (χ2n) is 17.9. The molecule has 0 radical (unpaired) electrons. The molecule has 2 saturated carbocycles. The van der Waals surface area contributed by atoms with Crippen molar-refractivity contribution in [2.75, 3.05) is 26.2 Å². The Morgan fingerprint density at radius 3 is 1.55 bits per heavy atom. The monoisotopic (exact) mass is 826 g/mol. The fraction of sp³-hybridized carbons (Fsp3) is 0.385. The average Bonchev–Trinajstić information content (AvgIpc) is 3.83. The van der Waals surface area contributed by atoms with Gasteiger partial charge in [-0.25, -0.2) is 9.97 Å². The third kappa shape index (κ3) is 7.36. The Morgan fingerprint density at radius 2 is 1.06 bits per heavy atom. The summed E-state index contributed by atoms with van der Waals surface area (Å²) < 4.78 is 0. The zero-order chi connectivity index (χ0) is 42.3. The van der Waals surface area contributed by atoms with E-state index in [1.54, 1.807) is 0 Å². The van der Waals surface area contributed by atoms with E-state index >= 15 is 0 Å². The number of imidazole rings is 2. The largest absolute Gasteiger partial charge is 0.340 e. The molecule has 2 saturated heterocycles. The van der Waals surface area contributed by atoms with Crippen molar-refractivity contribution >= 4 is 11.8 Å². The fourth-order valence-electron chi connectivity index (χ4n) is 11.0. The van der Waals surface area contributed by atoms with Gasteiger partial charge in [-0.05, 0) is 86.7 Å². The van der Waals surface area contributed by atoms with Gasteiger partial charge in [0.1, 0.15) is 11.6 Å². The second-order valence-corrected chi connectivity index (χ2v) is 17.9. The first-order valence-electron chi connectivity index (χ1n) is 22.9. The number of likely N-dealkylation sites (N-methyl/N-ethyl adjacent to an activating group) is 2. The van der Waals surface area contributed by atoms with Crippen LogP contribution in [-0.4, -0.2) is 78.8 Å². The summed E-state index contributed by atoms with van der Waals surface area (Å²) in [6.07, 6.45) is 11.4. The van der Waals surface area contributed by atoms with E-state index in [0.29, 0.717) is 13.1 Å². The van der Waals surface area contributed by atoms with Crippen LogP contribution in [0.4, 0.5) is 0 Å². The van der Waals surface area contributed by atoms with Crippen molar-refractivity contribution in [3.8, 4) is 33.6 Å². The lowest BCUT2D eigenvalue weighted by atomic mass is 9.87. The first-order valence-corrected chi connectivity index (χ1v) is 22.9. The van der Waals surface area contributed by atoms with Crippen LogP contribution in [0, 0.1) is 0 Å². The second kappa shape index (κ2) is 16.8. The molecule has 10 rings (SSSR count). The molecule has 2 amide bonds. The number of benzene rings is 4. The van der Waals surface area contributed by atoms with Gasteiger partial charge in [0.05, 0.1) is 47.7 Å². The first kappa shape index (κ1) is 40.2. The zero-order valence-electron chi connectivity index (χ0n) is 35.9. The van der Waals surface area contributed by atoms with Gasteiger partial charge in [0.2, 0.25) is 11.8 Å². The zero-order valence-corrected chi connectivity index (χ0v) is 35.9. The molecule has 318 valence electrons. The Bertz CT molecular complexity index is 2510. The number of likely N-dealkylation sites (tertiary alicyclic amines) is 2. The number of nitrogens with one attached hydrogen (secondary N) is 4. The molecular weight excluding hydrogens is 769 g/mol. The average molecular weight is 827 g/mol. The van der Waals surface area contributed by atoms with Crippen LogP contribution in [-0.2, 0) is 9.59 Å². The third-order valence-corrected chi connectivity index (χ3v) is 14.1. The minimum atomic E-state index is -0.253. The maximum Gasteiger partial charge on any atom is 0.232 e. The van der Waals surface area contributed by atoms with E-state index in [0.717, 1.165) is 121 Å². The third-order valence-electron chi connectivity index (χ3n) is 14.1. The number of nitrogens with zero attached hydrogens (tertiary/aromatic N) is 4. The summed E-state index contributed by atoms with van der Waals surface area (Å²) in [5.41, 5.74) is 7.67. The molecule has 2 aliphatic heterocycles. The van der Waals surface area contributed by atoms with Crippen LogP contribution in [0.15, 0.2) is 122 Å². The summed E-state index contributed by atoms with van der Waals surface area (Å²) in [7, 11) is 0. The van der Waals surface area contributed by atoms with Crippen LogP contribution in [0.5, 0.6) is 0 Å². The molecule has 0 spiro atoms. The van der Waals surface area contributed by atoms with E-state index in [1.165, 1.54) is 0 Å². The molecule has 4 N–H and O–H groups in total. The molecule has 4 aromatic carbocycles. The number of carbonyl (C=O) groups excluding carboxylic acids is 2. The lowest BCUT2D eigenvalue weighted by molar-refractivity contribution is -0.135. The van der Waals surface area contributed by atoms with Crippen molar-refractivity contribution in [1.29, 1.82) is 0 Å². The van der Waals surface area contributed by atoms with E-state index in [9.17, 15) is 9.59 Å². The lowest BCUT2D eigenvalue weighted by Crippen LogP contribution is -2.46. The smallest absolute Gasteiger partial charge is 0.232 e. The highest BCUT2D eigenvalue weighted by atomic mass is 16.2. The standard InChI is InChI=1S/C52H58N8O2/c1-3-55-51(27-28-51)45(36-19-10-6-11-20-36)49(61)59-31-15-25-42(59)47-53-33-40(57-47)39-24-14-23-38(35-17-8-5-9-18-35)44(39)41-34-54-48(58-41)43-26-16-32-60(43)50(62)46(37-21-12-7-13-22-37)52(29-30-52)56-4-2/h5-14,17-24,33-34,42-43,45-46,55-56H,3-4,15-16,25-32H2,1-2H3,(H,53,57)(H,54,58)/t42-,43-,45-,46-/m0/s1. The molecule has 0 unspecified atom stereocenters. The van der Waals surface area contributed by atoms with Crippen LogP contribution in [0.2, 0.25) is 0 Å². The highest BCUT2D eigenvalue weighted by Gasteiger charge is 2.55. The van der Waals surface area contributed by atoms with E-state index in [-0.39, 0.29) is 46.8 Å². The van der Waals surface area contributed by atoms with E-state index in [4.69, 9.17) is 9.97 Å². The van der Waals surface area contributed by atoms with Gasteiger partial charge in [-0.15, -0.1) is 0 Å².